The van der Waals surface area contributed by atoms with Crippen LogP contribution in [0, 0.1) is 0 Å². The molecule has 0 spiro atoms. The van der Waals surface area contributed by atoms with Crippen LogP contribution in [0.25, 0.3) is 10.6 Å². The summed E-state index contributed by atoms with van der Waals surface area (Å²) in [5.74, 6) is 0.00782. The van der Waals surface area contributed by atoms with Gasteiger partial charge in [0.25, 0.3) is 0 Å². The second-order valence-corrected chi connectivity index (χ2v) is 10.1. The number of hydrogen-bond donors (Lipinski definition) is 1. The van der Waals surface area contributed by atoms with Crippen LogP contribution < -0.4 is 10.2 Å². The first-order chi connectivity index (χ1) is 16.7. The number of benzene rings is 2. The molecule has 1 aliphatic heterocycles. The van der Waals surface area contributed by atoms with Crippen LogP contribution in [0.1, 0.15) is 16.8 Å². The van der Waals surface area contributed by atoms with Crippen molar-refractivity contribution in [3.63, 3.8) is 0 Å². The number of amides is 1. The maximum atomic E-state index is 12.6. The zero-order valence-electron chi connectivity index (χ0n) is 19.0. The summed E-state index contributed by atoms with van der Waals surface area (Å²) >= 11 is 3.25. The Morgan fingerprint density at radius 1 is 0.912 bits per heavy atom. The summed E-state index contributed by atoms with van der Waals surface area (Å²) in [6, 6.07) is 21.1. The third-order valence-electron chi connectivity index (χ3n) is 6.14. The van der Waals surface area contributed by atoms with Crippen molar-refractivity contribution in [2.45, 2.75) is 19.5 Å². The van der Waals surface area contributed by atoms with E-state index in [0.717, 1.165) is 49.0 Å². The second-order valence-electron chi connectivity index (χ2n) is 8.48. The van der Waals surface area contributed by atoms with Gasteiger partial charge in [0.1, 0.15) is 5.01 Å². The van der Waals surface area contributed by atoms with E-state index in [1.165, 1.54) is 16.8 Å². The number of nitrogens with zero attached hydrogens (tertiary/aromatic N) is 3. The number of thiophene rings is 1. The van der Waals surface area contributed by atoms with E-state index < -0.39 is 0 Å². The van der Waals surface area contributed by atoms with Gasteiger partial charge in [0.2, 0.25) is 5.91 Å². The second kappa shape index (κ2) is 11.0. The lowest BCUT2D eigenvalue weighted by molar-refractivity contribution is -0.120. The van der Waals surface area contributed by atoms with Crippen LogP contribution in [0.2, 0.25) is 0 Å². The van der Waals surface area contributed by atoms with Gasteiger partial charge in [-0.05, 0) is 34.7 Å². The number of hydrogen-bond acceptors (Lipinski definition) is 6. The van der Waals surface area contributed by atoms with Gasteiger partial charge in [-0.2, -0.15) is 11.3 Å². The van der Waals surface area contributed by atoms with E-state index in [2.05, 4.69) is 80.1 Å². The van der Waals surface area contributed by atoms with Crippen LogP contribution in [0.3, 0.4) is 0 Å². The molecule has 1 aliphatic rings. The number of aromatic nitrogens is 1. The number of carbonyl (C=O) groups excluding carboxylic acids is 1. The summed E-state index contributed by atoms with van der Waals surface area (Å²) in [5.41, 5.74) is 5.71. The van der Waals surface area contributed by atoms with Crippen molar-refractivity contribution in [1.82, 2.24) is 15.2 Å². The molecule has 2 aromatic carbocycles. The third-order valence-corrected chi connectivity index (χ3v) is 7.77. The lowest BCUT2D eigenvalue weighted by atomic mass is 10.1. The van der Waals surface area contributed by atoms with Crippen molar-refractivity contribution in [3.05, 3.63) is 93.6 Å². The number of piperazine rings is 1. The van der Waals surface area contributed by atoms with Crippen molar-refractivity contribution in [2.24, 2.45) is 0 Å². The molecule has 0 unspecified atom stereocenters. The summed E-state index contributed by atoms with van der Waals surface area (Å²) in [4.78, 5) is 22.2. The summed E-state index contributed by atoms with van der Waals surface area (Å²) in [7, 11) is 0. The monoisotopic (exact) mass is 488 g/mol. The standard InChI is InChI=1S/C27H28N4OS2/c32-26(16-24-20-34-27(29-24)23-10-15-33-19-23)28-17-21-6-4-5-7-22(21)18-30-11-13-31(14-12-30)25-8-2-1-3-9-25/h1-10,15,19-20H,11-14,16-18H2,(H,28,32). The maximum Gasteiger partial charge on any atom is 0.226 e. The first-order valence-electron chi connectivity index (χ1n) is 11.6. The quantitative estimate of drug-likeness (QED) is 0.377. The smallest absolute Gasteiger partial charge is 0.226 e. The zero-order valence-corrected chi connectivity index (χ0v) is 20.7. The first-order valence-corrected chi connectivity index (χ1v) is 13.4. The van der Waals surface area contributed by atoms with Gasteiger partial charge >= 0.3 is 0 Å². The highest BCUT2D eigenvalue weighted by Gasteiger charge is 2.18. The summed E-state index contributed by atoms with van der Waals surface area (Å²) in [6.07, 6.45) is 0.310. The Morgan fingerprint density at radius 2 is 1.68 bits per heavy atom. The predicted octanol–water partition coefficient (Wildman–Crippen LogP) is 5.05. The van der Waals surface area contributed by atoms with E-state index in [1.807, 2.05) is 16.8 Å². The topological polar surface area (TPSA) is 48.5 Å². The van der Waals surface area contributed by atoms with Crippen molar-refractivity contribution < 1.29 is 4.79 Å². The molecule has 4 aromatic rings. The highest BCUT2D eigenvalue weighted by Crippen LogP contribution is 2.26. The summed E-state index contributed by atoms with van der Waals surface area (Å²) in [5, 5.41) is 10.2. The highest BCUT2D eigenvalue weighted by molar-refractivity contribution is 7.14. The molecule has 0 radical (unpaired) electrons. The van der Waals surface area contributed by atoms with Crippen LogP contribution in [-0.4, -0.2) is 42.0 Å². The van der Waals surface area contributed by atoms with Crippen LogP contribution in [0.4, 0.5) is 5.69 Å². The Bertz CT molecular complexity index is 1200. The number of rotatable bonds is 8. The zero-order chi connectivity index (χ0) is 23.2. The van der Waals surface area contributed by atoms with E-state index in [1.54, 1.807) is 22.7 Å². The lowest BCUT2D eigenvalue weighted by Gasteiger charge is -2.36. The van der Waals surface area contributed by atoms with Crippen LogP contribution >= 0.6 is 22.7 Å². The van der Waals surface area contributed by atoms with Gasteiger partial charge in [0, 0.05) is 61.3 Å². The highest BCUT2D eigenvalue weighted by atomic mass is 32.1. The Morgan fingerprint density at radius 3 is 2.44 bits per heavy atom. The molecule has 0 bridgehead atoms. The van der Waals surface area contributed by atoms with Gasteiger partial charge in [-0.25, -0.2) is 4.98 Å². The van der Waals surface area contributed by atoms with Gasteiger partial charge in [-0.1, -0.05) is 42.5 Å². The largest absolute Gasteiger partial charge is 0.369 e. The Kier molecular flexibility index (Phi) is 7.34. The Labute approximate surface area is 208 Å². The summed E-state index contributed by atoms with van der Waals surface area (Å²) in [6.45, 7) is 5.58. The molecule has 0 saturated carbocycles. The number of anilines is 1. The van der Waals surface area contributed by atoms with E-state index in [-0.39, 0.29) is 5.91 Å². The minimum absolute atomic E-state index is 0.00782. The van der Waals surface area contributed by atoms with Crippen LogP contribution in [-0.2, 0) is 24.3 Å². The van der Waals surface area contributed by atoms with E-state index in [9.17, 15) is 4.79 Å². The van der Waals surface area contributed by atoms with Gasteiger partial charge < -0.3 is 10.2 Å². The van der Waals surface area contributed by atoms with E-state index in [0.29, 0.717) is 13.0 Å². The molecular weight excluding hydrogens is 460 g/mol. The molecule has 5 nitrogen and oxygen atoms in total. The average molecular weight is 489 g/mol. The Hall–Kier alpha value is -3.00. The number of carbonyl (C=O) groups is 1. The number of para-hydroxylation sites is 1. The number of nitrogens with one attached hydrogen (secondary N) is 1. The molecule has 0 aliphatic carbocycles. The molecule has 2 aromatic heterocycles. The maximum absolute atomic E-state index is 12.6. The molecular formula is C27H28N4OS2. The molecule has 34 heavy (non-hydrogen) atoms. The lowest BCUT2D eigenvalue weighted by Crippen LogP contribution is -2.46. The predicted molar refractivity (Wildman–Crippen MR) is 141 cm³/mol. The van der Waals surface area contributed by atoms with E-state index in [4.69, 9.17) is 0 Å². The Balaban J connectivity index is 1.13. The normalized spacial score (nSPS) is 14.3. The van der Waals surface area contributed by atoms with Crippen molar-refractivity contribution >= 4 is 34.3 Å². The molecule has 0 atom stereocenters. The fourth-order valence-corrected chi connectivity index (χ4v) is 5.79. The van der Waals surface area contributed by atoms with Gasteiger partial charge in [-0.15, -0.1) is 11.3 Å². The van der Waals surface area contributed by atoms with Crippen molar-refractivity contribution in [3.8, 4) is 10.6 Å². The minimum atomic E-state index is 0.00782. The summed E-state index contributed by atoms with van der Waals surface area (Å²) < 4.78 is 0. The molecule has 7 heteroatoms. The molecule has 1 N–H and O–H groups in total. The first kappa shape index (κ1) is 22.8. The molecule has 1 saturated heterocycles. The number of thiazole rings is 1. The van der Waals surface area contributed by atoms with Crippen molar-refractivity contribution in [1.29, 1.82) is 0 Å². The molecule has 1 amide bonds. The van der Waals surface area contributed by atoms with Crippen LogP contribution in [0.15, 0.2) is 76.8 Å². The molecule has 5 rings (SSSR count). The SMILES string of the molecule is O=C(Cc1csc(-c2ccsc2)n1)NCc1ccccc1CN1CCN(c2ccccc2)CC1. The fraction of sp³-hybridized carbons (Fsp3) is 0.259. The molecule has 174 valence electrons. The van der Waals surface area contributed by atoms with Gasteiger partial charge in [0.15, 0.2) is 0 Å². The third kappa shape index (κ3) is 5.73. The fourth-order valence-electron chi connectivity index (χ4n) is 4.26. The molecule has 1 fully saturated rings. The van der Waals surface area contributed by atoms with Gasteiger partial charge in [-0.3, -0.25) is 9.69 Å². The van der Waals surface area contributed by atoms with Crippen LogP contribution in [0.5, 0.6) is 0 Å². The minimum Gasteiger partial charge on any atom is -0.369 e. The molecule has 3 heterocycles. The van der Waals surface area contributed by atoms with E-state index >= 15 is 0 Å². The average Bonchev–Trinajstić information content (AvgIpc) is 3.57. The van der Waals surface area contributed by atoms with Crippen molar-refractivity contribution in [2.75, 3.05) is 31.1 Å². The van der Waals surface area contributed by atoms with Gasteiger partial charge in [0.05, 0.1) is 12.1 Å².